The van der Waals surface area contributed by atoms with Gasteiger partial charge in [-0.1, -0.05) is 0 Å². The molecule has 1 aliphatic rings. The third kappa shape index (κ3) is 3.18. The third-order valence-corrected chi connectivity index (χ3v) is 3.44. The van der Waals surface area contributed by atoms with Crippen LogP contribution >= 0.6 is 0 Å². The smallest absolute Gasteiger partial charge is 0.163 e. The number of methoxy groups -OCH3 is 1. The van der Waals surface area contributed by atoms with Crippen LogP contribution in [0, 0.1) is 0 Å². The molecule has 6 heteroatoms. The lowest BCUT2D eigenvalue weighted by Gasteiger charge is -2.18. The van der Waals surface area contributed by atoms with Gasteiger partial charge >= 0.3 is 0 Å². The van der Waals surface area contributed by atoms with E-state index in [0.717, 1.165) is 17.0 Å². The Morgan fingerprint density at radius 3 is 2.95 bits per heavy atom. The highest BCUT2D eigenvalue weighted by Gasteiger charge is 2.34. The van der Waals surface area contributed by atoms with Gasteiger partial charge in [0.1, 0.15) is 18.2 Å². The van der Waals surface area contributed by atoms with Crippen molar-refractivity contribution in [3.8, 4) is 5.75 Å². The molecule has 1 aromatic heterocycles. The molecule has 1 atom stereocenters. The molecule has 1 saturated heterocycles. The van der Waals surface area contributed by atoms with Gasteiger partial charge in [0.15, 0.2) is 5.79 Å². The Bertz CT molecular complexity index is 665. The van der Waals surface area contributed by atoms with E-state index in [9.17, 15) is 0 Å². The van der Waals surface area contributed by atoms with Crippen molar-refractivity contribution in [2.75, 3.05) is 13.7 Å². The average Bonchev–Trinajstić information content (AvgIpc) is 3.14. The molecule has 0 spiro atoms. The van der Waals surface area contributed by atoms with E-state index in [4.69, 9.17) is 14.2 Å². The van der Waals surface area contributed by atoms with Gasteiger partial charge in [-0.25, -0.2) is 9.98 Å². The third-order valence-electron chi connectivity index (χ3n) is 3.44. The molecular formula is C16H19N3O3. The van der Waals surface area contributed by atoms with Crippen LogP contribution in [0.3, 0.4) is 0 Å². The van der Waals surface area contributed by atoms with Crippen LogP contribution in [0.1, 0.15) is 25.5 Å². The minimum absolute atomic E-state index is 0.167. The van der Waals surface area contributed by atoms with Gasteiger partial charge in [-0.05, 0) is 32.0 Å². The molecule has 0 N–H and O–H groups in total. The summed E-state index contributed by atoms with van der Waals surface area (Å²) in [6, 6.07) is 5.73. The van der Waals surface area contributed by atoms with Crippen LogP contribution in [0.15, 0.2) is 41.9 Å². The first-order chi connectivity index (χ1) is 10.6. The molecule has 3 rings (SSSR count). The van der Waals surface area contributed by atoms with E-state index in [2.05, 4.69) is 9.98 Å². The van der Waals surface area contributed by atoms with E-state index in [-0.39, 0.29) is 6.10 Å². The lowest BCUT2D eigenvalue weighted by Crippen LogP contribution is -2.19. The number of nitrogens with zero attached hydrogens (tertiary/aromatic N) is 3. The fourth-order valence-corrected chi connectivity index (χ4v) is 2.34. The number of benzene rings is 1. The van der Waals surface area contributed by atoms with Crippen molar-refractivity contribution in [3.05, 3.63) is 42.5 Å². The van der Waals surface area contributed by atoms with Crippen LogP contribution < -0.4 is 4.74 Å². The number of aromatic nitrogens is 2. The van der Waals surface area contributed by atoms with Crippen LogP contribution in [-0.4, -0.2) is 35.4 Å². The number of imidazole rings is 1. The Hall–Kier alpha value is -2.18. The fourth-order valence-electron chi connectivity index (χ4n) is 2.34. The highest BCUT2D eigenvalue weighted by molar-refractivity contribution is 5.66. The first-order valence-corrected chi connectivity index (χ1v) is 7.09. The first-order valence-electron chi connectivity index (χ1n) is 7.09. The summed E-state index contributed by atoms with van der Waals surface area (Å²) in [5, 5.41) is 0. The minimum atomic E-state index is -0.584. The van der Waals surface area contributed by atoms with Crippen LogP contribution in [0.2, 0.25) is 0 Å². The minimum Gasteiger partial charge on any atom is -0.497 e. The molecule has 2 heterocycles. The number of ether oxygens (including phenoxy) is 3. The predicted molar refractivity (Wildman–Crippen MR) is 82.6 cm³/mol. The van der Waals surface area contributed by atoms with E-state index in [0.29, 0.717) is 6.61 Å². The lowest BCUT2D eigenvalue weighted by molar-refractivity contribution is -0.139. The van der Waals surface area contributed by atoms with E-state index in [1.807, 2.05) is 38.2 Å². The second kappa shape index (κ2) is 5.90. The summed E-state index contributed by atoms with van der Waals surface area (Å²) >= 11 is 0. The van der Waals surface area contributed by atoms with Crippen LogP contribution in [0.25, 0.3) is 0 Å². The molecule has 0 saturated carbocycles. The van der Waals surface area contributed by atoms with Gasteiger partial charge in [0, 0.05) is 18.0 Å². The molecule has 1 fully saturated rings. The van der Waals surface area contributed by atoms with Gasteiger partial charge in [0.25, 0.3) is 0 Å². The summed E-state index contributed by atoms with van der Waals surface area (Å²) in [4.78, 5) is 8.51. The van der Waals surface area contributed by atoms with Crippen LogP contribution in [0.4, 0.5) is 5.69 Å². The highest BCUT2D eigenvalue weighted by Crippen LogP contribution is 2.38. The van der Waals surface area contributed by atoms with Gasteiger partial charge in [-0.15, -0.1) is 0 Å². The van der Waals surface area contributed by atoms with Crippen molar-refractivity contribution in [2.24, 2.45) is 4.99 Å². The standard InChI is InChI=1S/C16H19N3O3/c1-16(2)21-9-15(22-16)13-8-12(20-3)4-5-14(13)18-11-19-7-6-17-10-19/h4-8,10-11,15H,9H2,1-3H3/t15-/m1/s1. The van der Waals surface area contributed by atoms with E-state index < -0.39 is 5.79 Å². The molecule has 1 aromatic carbocycles. The Balaban J connectivity index is 1.92. The number of aliphatic imine (C=N–C) groups is 1. The van der Waals surface area contributed by atoms with Gasteiger partial charge in [-0.2, -0.15) is 0 Å². The maximum absolute atomic E-state index is 5.94. The molecular weight excluding hydrogens is 282 g/mol. The largest absolute Gasteiger partial charge is 0.497 e. The zero-order chi connectivity index (χ0) is 15.6. The van der Waals surface area contributed by atoms with Gasteiger partial charge in [0.2, 0.25) is 0 Å². The van der Waals surface area contributed by atoms with Crippen molar-refractivity contribution < 1.29 is 14.2 Å². The SMILES string of the molecule is COc1ccc(N=Cn2ccnc2)c([C@H]2COC(C)(C)O2)c1. The second-order valence-electron chi connectivity index (χ2n) is 5.50. The molecule has 0 bridgehead atoms. The summed E-state index contributed by atoms with van der Waals surface area (Å²) in [6.07, 6.45) is 6.76. The molecule has 116 valence electrons. The second-order valence-corrected chi connectivity index (χ2v) is 5.50. The van der Waals surface area contributed by atoms with Crippen molar-refractivity contribution in [1.82, 2.24) is 9.55 Å². The summed E-state index contributed by atoms with van der Waals surface area (Å²) < 4.78 is 18.7. The van der Waals surface area contributed by atoms with Crippen molar-refractivity contribution in [1.29, 1.82) is 0 Å². The highest BCUT2D eigenvalue weighted by atomic mass is 16.7. The Labute approximate surface area is 129 Å². The molecule has 22 heavy (non-hydrogen) atoms. The molecule has 0 amide bonds. The first kappa shape index (κ1) is 14.7. The average molecular weight is 301 g/mol. The monoisotopic (exact) mass is 301 g/mol. The molecule has 0 radical (unpaired) electrons. The summed E-state index contributed by atoms with van der Waals surface area (Å²) in [6.45, 7) is 4.30. The normalized spacial score (nSPS) is 20.6. The number of rotatable bonds is 4. The number of hydrogen-bond acceptors (Lipinski definition) is 5. The van der Waals surface area contributed by atoms with Crippen molar-refractivity contribution in [2.45, 2.75) is 25.7 Å². The zero-order valence-electron chi connectivity index (χ0n) is 12.9. The molecule has 2 aromatic rings. The van der Waals surface area contributed by atoms with Gasteiger partial charge in [-0.3, -0.25) is 4.57 Å². The molecule has 6 nitrogen and oxygen atoms in total. The Kier molecular flexibility index (Phi) is 3.96. The van der Waals surface area contributed by atoms with E-state index in [1.165, 1.54) is 0 Å². The summed E-state index contributed by atoms with van der Waals surface area (Å²) in [7, 11) is 1.64. The maximum atomic E-state index is 5.94. The zero-order valence-corrected chi connectivity index (χ0v) is 12.9. The lowest BCUT2D eigenvalue weighted by atomic mass is 10.1. The quantitative estimate of drug-likeness (QED) is 0.643. The van der Waals surface area contributed by atoms with Crippen molar-refractivity contribution in [3.63, 3.8) is 0 Å². The van der Waals surface area contributed by atoms with Gasteiger partial charge in [0.05, 0.1) is 25.7 Å². The van der Waals surface area contributed by atoms with E-state index in [1.54, 1.807) is 30.5 Å². The predicted octanol–water partition coefficient (Wildman–Crippen LogP) is 2.92. The van der Waals surface area contributed by atoms with Crippen molar-refractivity contribution >= 4 is 12.0 Å². The maximum Gasteiger partial charge on any atom is 0.163 e. The Morgan fingerprint density at radius 1 is 1.45 bits per heavy atom. The molecule has 1 aliphatic heterocycles. The molecule has 0 aliphatic carbocycles. The van der Waals surface area contributed by atoms with Crippen LogP contribution in [-0.2, 0) is 9.47 Å². The topological polar surface area (TPSA) is 57.9 Å². The number of hydrogen-bond donors (Lipinski definition) is 0. The van der Waals surface area contributed by atoms with E-state index >= 15 is 0 Å². The Morgan fingerprint density at radius 2 is 2.32 bits per heavy atom. The fraction of sp³-hybridized carbons (Fsp3) is 0.375. The molecule has 0 unspecified atom stereocenters. The van der Waals surface area contributed by atoms with Crippen LogP contribution in [0.5, 0.6) is 5.75 Å². The van der Waals surface area contributed by atoms with Gasteiger partial charge < -0.3 is 14.2 Å². The summed E-state index contributed by atoms with van der Waals surface area (Å²) in [5.41, 5.74) is 1.77. The summed E-state index contributed by atoms with van der Waals surface area (Å²) in [5.74, 6) is 0.184.